The zero-order chi connectivity index (χ0) is 31.3. The van der Waals surface area contributed by atoms with Crippen LogP contribution in [0.3, 0.4) is 0 Å². The van der Waals surface area contributed by atoms with Gasteiger partial charge in [-0.1, -0.05) is 74.0 Å². The maximum atomic E-state index is 14.2. The highest BCUT2D eigenvalue weighted by Crippen LogP contribution is 2.33. The van der Waals surface area contributed by atoms with E-state index in [0.29, 0.717) is 23.6 Å². The predicted molar refractivity (Wildman–Crippen MR) is 171 cm³/mol. The van der Waals surface area contributed by atoms with Crippen LogP contribution >= 0.6 is 0 Å². The van der Waals surface area contributed by atoms with Crippen molar-refractivity contribution in [1.82, 2.24) is 30.0 Å². The molecular formula is C35H38N6O4. The molecule has 2 aromatic heterocycles. The van der Waals surface area contributed by atoms with E-state index in [2.05, 4.69) is 69.5 Å². The highest BCUT2D eigenvalue weighted by Gasteiger charge is 2.32. The first-order valence-electron chi connectivity index (χ1n) is 15.7. The molecule has 0 spiro atoms. The number of para-hydroxylation sites is 1. The summed E-state index contributed by atoms with van der Waals surface area (Å²) in [5.74, 6) is 0.669. The fourth-order valence-corrected chi connectivity index (χ4v) is 6.34. The number of hydrogen-bond donors (Lipinski definition) is 1. The Kier molecular flexibility index (Phi) is 8.91. The summed E-state index contributed by atoms with van der Waals surface area (Å²) in [6, 6.07) is 23.5. The zero-order valence-corrected chi connectivity index (χ0v) is 25.9. The standard InChI is InChI=1S/C35H38N6O4/c1-4-10-31-30(21-24-16-18-25(19-17-24)27-11-6-7-12-28(27)33-36-38-39-37-33)34(42)41-26(20-15-23(3)40(31)41)22-45-32-14-9-8-13-29(32)35(43)44-5-2/h6-9,11-14,16-19,23,26H,4-5,10,15,20-22H2,1-3H3,(H,36,37,38,39). The van der Waals surface area contributed by atoms with Gasteiger partial charge in [-0.05, 0) is 72.4 Å². The number of H-pyrrole nitrogens is 1. The third-order valence-electron chi connectivity index (χ3n) is 8.48. The van der Waals surface area contributed by atoms with E-state index in [1.807, 2.05) is 28.9 Å². The number of ether oxygens (including phenoxy) is 2. The molecule has 1 aliphatic rings. The van der Waals surface area contributed by atoms with Crippen molar-refractivity contribution in [2.45, 2.75) is 65.0 Å². The number of hydrogen-bond acceptors (Lipinski definition) is 7. The van der Waals surface area contributed by atoms with Crippen molar-refractivity contribution >= 4 is 5.97 Å². The minimum absolute atomic E-state index is 0.0320. The molecule has 0 saturated carbocycles. The van der Waals surface area contributed by atoms with Gasteiger partial charge in [-0.15, -0.1) is 5.10 Å². The molecule has 3 heterocycles. The van der Waals surface area contributed by atoms with E-state index in [4.69, 9.17) is 9.47 Å². The van der Waals surface area contributed by atoms with Gasteiger partial charge >= 0.3 is 5.97 Å². The van der Waals surface area contributed by atoms with E-state index in [1.165, 1.54) is 0 Å². The Morgan fingerprint density at radius 2 is 1.71 bits per heavy atom. The molecule has 3 aromatic carbocycles. The lowest BCUT2D eigenvalue weighted by Crippen LogP contribution is -2.37. The van der Waals surface area contributed by atoms with Gasteiger partial charge in [0, 0.05) is 29.3 Å². The molecule has 0 aliphatic carbocycles. The number of aromatic amines is 1. The summed E-state index contributed by atoms with van der Waals surface area (Å²) in [6.07, 6.45) is 4.04. The van der Waals surface area contributed by atoms with Gasteiger partial charge in [0.2, 0.25) is 0 Å². The summed E-state index contributed by atoms with van der Waals surface area (Å²) in [5.41, 5.74) is 6.41. The quantitative estimate of drug-likeness (QED) is 0.178. The molecule has 6 rings (SSSR count). The molecule has 0 radical (unpaired) electrons. The van der Waals surface area contributed by atoms with E-state index in [1.54, 1.807) is 25.1 Å². The molecule has 5 aromatic rings. The number of benzene rings is 3. The summed E-state index contributed by atoms with van der Waals surface area (Å²) in [4.78, 5) is 26.7. The van der Waals surface area contributed by atoms with Crippen LogP contribution in [0.5, 0.6) is 5.75 Å². The van der Waals surface area contributed by atoms with E-state index in [9.17, 15) is 9.59 Å². The monoisotopic (exact) mass is 606 g/mol. The molecule has 45 heavy (non-hydrogen) atoms. The van der Waals surface area contributed by atoms with Gasteiger partial charge in [0.1, 0.15) is 17.9 Å². The van der Waals surface area contributed by atoms with Crippen LogP contribution in [0, 0.1) is 0 Å². The Morgan fingerprint density at radius 1 is 0.956 bits per heavy atom. The lowest BCUT2D eigenvalue weighted by Gasteiger charge is -2.32. The van der Waals surface area contributed by atoms with Crippen molar-refractivity contribution in [3.8, 4) is 28.3 Å². The van der Waals surface area contributed by atoms with Crippen molar-refractivity contribution in [2.75, 3.05) is 13.2 Å². The Bertz CT molecular complexity index is 1820. The van der Waals surface area contributed by atoms with Crippen LogP contribution in [0.4, 0.5) is 0 Å². The summed E-state index contributed by atoms with van der Waals surface area (Å²) in [6.45, 7) is 6.68. The number of carbonyl (C=O) groups is 1. The summed E-state index contributed by atoms with van der Waals surface area (Å²) in [7, 11) is 0. The van der Waals surface area contributed by atoms with Gasteiger partial charge in [-0.25, -0.2) is 14.6 Å². The Balaban J connectivity index is 1.29. The van der Waals surface area contributed by atoms with Crippen molar-refractivity contribution in [1.29, 1.82) is 0 Å². The maximum Gasteiger partial charge on any atom is 0.341 e. The largest absolute Gasteiger partial charge is 0.490 e. The molecule has 0 bridgehead atoms. The number of nitrogens with zero attached hydrogens (tertiary/aromatic N) is 5. The van der Waals surface area contributed by atoms with Gasteiger partial charge in [0.15, 0.2) is 5.82 Å². The minimum atomic E-state index is -0.414. The highest BCUT2D eigenvalue weighted by atomic mass is 16.5. The van der Waals surface area contributed by atoms with Gasteiger partial charge < -0.3 is 9.47 Å². The average Bonchev–Trinajstić information content (AvgIpc) is 3.70. The zero-order valence-electron chi connectivity index (χ0n) is 25.9. The van der Waals surface area contributed by atoms with Gasteiger partial charge in [0.25, 0.3) is 5.56 Å². The van der Waals surface area contributed by atoms with Crippen LogP contribution in [0.15, 0.2) is 77.6 Å². The lowest BCUT2D eigenvalue weighted by molar-refractivity contribution is 0.0520. The number of nitrogens with one attached hydrogen (secondary N) is 1. The second kappa shape index (κ2) is 13.3. The topological polar surface area (TPSA) is 117 Å². The number of fused-ring (bicyclic) bond motifs is 1. The van der Waals surface area contributed by atoms with Gasteiger partial charge in [0.05, 0.1) is 12.6 Å². The first-order chi connectivity index (χ1) is 22.0. The van der Waals surface area contributed by atoms with Crippen molar-refractivity contribution < 1.29 is 14.3 Å². The molecule has 1 aliphatic heterocycles. The molecular weight excluding hydrogens is 568 g/mol. The lowest BCUT2D eigenvalue weighted by atomic mass is 9.96. The molecule has 0 saturated heterocycles. The van der Waals surface area contributed by atoms with Crippen molar-refractivity contribution in [2.24, 2.45) is 0 Å². The number of esters is 1. The number of aromatic nitrogens is 6. The van der Waals surface area contributed by atoms with Crippen LogP contribution in [0.2, 0.25) is 0 Å². The first kappa shape index (κ1) is 30.1. The maximum absolute atomic E-state index is 14.2. The molecule has 2 atom stereocenters. The Labute approximate surface area is 262 Å². The van der Waals surface area contributed by atoms with Crippen LogP contribution in [0.25, 0.3) is 22.5 Å². The fraction of sp³-hybridized carbons (Fsp3) is 0.343. The van der Waals surface area contributed by atoms with Crippen LogP contribution in [0.1, 0.15) is 79.3 Å². The van der Waals surface area contributed by atoms with Gasteiger partial charge in [-0.2, -0.15) is 0 Å². The second-order valence-corrected chi connectivity index (χ2v) is 11.4. The summed E-state index contributed by atoms with van der Waals surface area (Å²) >= 11 is 0. The van der Waals surface area contributed by atoms with Crippen molar-refractivity contribution in [3.63, 3.8) is 0 Å². The number of tetrazole rings is 1. The Morgan fingerprint density at radius 3 is 2.44 bits per heavy atom. The summed E-state index contributed by atoms with van der Waals surface area (Å²) in [5, 5.41) is 14.4. The predicted octanol–water partition coefficient (Wildman–Crippen LogP) is 6.19. The smallest absolute Gasteiger partial charge is 0.341 e. The summed E-state index contributed by atoms with van der Waals surface area (Å²) < 4.78 is 15.6. The molecule has 0 amide bonds. The van der Waals surface area contributed by atoms with E-state index >= 15 is 0 Å². The van der Waals surface area contributed by atoms with Crippen LogP contribution in [-0.2, 0) is 17.6 Å². The molecule has 10 nitrogen and oxygen atoms in total. The van der Waals surface area contributed by atoms with E-state index in [-0.39, 0.29) is 30.9 Å². The van der Waals surface area contributed by atoms with Crippen molar-refractivity contribution in [3.05, 3.63) is 106 Å². The highest BCUT2D eigenvalue weighted by molar-refractivity contribution is 5.92. The molecule has 1 N–H and O–H groups in total. The second-order valence-electron chi connectivity index (χ2n) is 11.4. The SMILES string of the molecule is CCCc1c(Cc2ccc(-c3ccccc3-c3nnn[nH]3)cc2)c(=O)n2n1C(C)CCC2COc1ccccc1C(=O)OCC. The minimum Gasteiger partial charge on any atom is -0.490 e. The molecule has 10 heteroatoms. The molecule has 232 valence electrons. The molecule has 0 fully saturated rings. The third kappa shape index (κ3) is 6.05. The first-order valence-corrected chi connectivity index (χ1v) is 15.7. The molecule has 2 unspecified atom stereocenters. The van der Waals surface area contributed by atoms with Crippen LogP contribution in [-0.4, -0.2) is 49.2 Å². The third-order valence-corrected chi connectivity index (χ3v) is 8.48. The fourth-order valence-electron chi connectivity index (χ4n) is 6.34. The number of rotatable bonds is 11. The van der Waals surface area contributed by atoms with E-state index in [0.717, 1.165) is 59.2 Å². The Hall–Kier alpha value is -4.99. The van der Waals surface area contributed by atoms with E-state index < -0.39 is 5.97 Å². The average molecular weight is 607 g/mol. The normalized spacial score (nSPS) is 15.9. The van der Waals surface area contributed by atoms with Crippen LogP contribution < -0.4 is 10.3 Å². The number of carbonyl (C=O) groups excluding carboxylic acids is 1. The van der Waals surface area contributed by atoms with Gasteiger partial charge in [-0.3, -0.25) is 9.48 Å².